The number of hydrogen-bond donors (Lipinski definition) is 1. The van der Waals surface area contributed by atoms with Gasteiger partial charge in [0.25, 0.3) is 17.1 Å². The van der Waals surface area contributed by atoms with E-state index in [1.807, 2.05) is 108 Å². The lowest BCUT2D eigenvalue weighted by atomic mass is 9.87. The number of aryl methyl sites for hydroxylation is 4. The van der Waals surface area contributed by atoms with Gasteiger partial charge in [0, 0.05) is 52.6 Å². The van der Waals surface area contributed by atoms with Gasteiger partial charge >= 0.3 is 5.97 Å². The number of esters is 1. The number of benzene rings is 6. The molecule has 2 aliphatic heterocycles. The molecule has 9 rings (SSSR count). The lowest BCUT2D eigenvalue weighted by Gasteiger charge is -2.43. The molecule has 0 saturated carbocycles. The number of methoxy groups -OCH3 is 2. The number of pyridine rings is 1. The van der Waals surface area contributed by atoms with E-state index in [4.69, 9.17) is 25.8 Å². The van der Waals surface area contributed by atoms with Crippen LogP contribution in [0.25, 0.3) is 0 Å². The number of carbonyl (C=O) groups excluding carboxylic acids is 4. The molecule has 11 nitrogen and oxygen atoms in total. The third-order valence-corrected chi connectivity index (χ3v) is 12.6. The summed E-state index contributed by atoms with van der Waals surface area (Å²) in [6, 6.07) is 33.8. The Bertz CT molecular complexity index is 3190. The second kappa shape index (κ2) is 23.7. The van der Waals surface area contributed by atoms with E-state index in [0.29, 0.717) is 33.9 Å². The van der Waals surface area contributed by atoms with Gasteiger partial charge in [-0.1, -0.05) is 43.5 Å². The number of halogens is 3. The molecule has 6 aromatic carbocycles. The molecule has 2 aliphatic rings. The van der Waals surface area contributed by atoms with Crippen molar-refractivity contribution in [2.24, 2.45) is 0 Å². The van der Waals surface area contributed by atoms with Crippen molar-refractivity contribution < 1.29 is 47.3 Å². The van der Waals surface area contributed by atoms with Crippen molar-refractivity contribution >= 4 is 46.0 Å². The molecule has 0 radical (unpaired) electrons. The van der Waals surface area contributed by atoms with Crippen LogP contribution in [0.4, 0.5) is 20.2 Å². The van der Waals surface area contributed by atoms with Gasteiger partial charge in [-0.2, -0.15) is 0 Å². The average molecular weight is 1010 g/mol. The summed E-state index contributed by atoms with van der Waals surface area (Å²) in [7, 11) is 3.22. The van der Waals surface area contributed by atoms with Crippen LogP contribution < -0.4 is 24.0 Å². The standard InChI is InChI=1S/C27H24FNO4.C20H21NO3.C7H4ClFO.C5H5N/c1-15-6-7-20(13-23(15)33-27(31)19-8-10-21(28)11-9-19)25-18(4)26(30)29(25)22-12-16(2)17(3)24(14-22)32-5;1-11-6-7-15(9-17(11)22)19-14(4)20(23)21(19)16-8-12(2)13(3)18(10-16)24-5;8-7(10)5-1-3-6(9)4-2-5;1-2-4-6-5-3-1/h6-14,25H,4H2,1-3,5H3;6-10,19,22H,4H2,1-3,5H3;1-4H;1-5H/t25-;19-;;/m11../s1. The van der Waals surface area contributed by atoms with Gasteiger partial charge < -0.3 is 19.3 Å². The molecule has 2 saturated heterocycles. The quantitative estimate of drug-likeness (QED) is 0.0493. The summed E-state index contributed by atoms with van der Waals surface area (Å²) in [4.78, 5) is 55.3. The number of phenols is 1. The smallest absolute Gasteiger partial charge is 0.343 e. The zero-order chi connectivity index (χ0) is 53.3. The Morgan fingerprint density at radius 3 is 1.41 bits per heavy atom. The fourth-order valence-electron chi connectivity index (χ4n) is 7.84. The molecule has 0 unspecified atom stereocenters. The maximum atomic E-state index is 13.2. The maximum absolute atomic E-state index is 13.2. The van der Waals surface area contributed by atoms with Crippen molar-refractivity contribution in [2.45, 2.75) is 53.6 Å². The van der Waals surface area contributed by atoms with Crippen LogP contribution in [-0.4, -0.2) is 47.3 Å². The van der Waals surface area contributed by atoms with Crippen LogP contribution in [0.2, 0.25) is 0 Å². The fourth-order valence-corrected chi connectivity index (χ4v) is 7.97. The number of hydrogen-bond acceptors (Lipinski definition) is 9. The topological polar surface area (TPSA) is 136 Å². The second-order valence-electron chi connectivity index (χ2n) is 17.2. The molecule has 14 heteroatoms. The van der Waals surface area contributed by atoms with E-state index in [1.165, 1.54) is 48.5 Å². The molecule has 3 heterocycles. The summed E-state index contributed by atoms with van der Waals surface area (Å²) in [6.07, 6.45) is 3.50. The predicted octanol–water partition coefficient (Wildman–Crippen LogP) is 12.9. The summed E-state index contributed by atoms with van der Waals surface area (Å²) in [5, 5.41) is 9.42. The number of β-lactam (4-membered cyclic amide) rings is 2. The van der Waals surface area contributed by atoms with Gasteiger partial charge in [-0.05, 0) is 183 Å². The largest absolute Gasteiger partial charge is 0.508 e. The molecule has 0 spiro atoms. The molecule has 2 fully saturated rings. The lowest BCUT2D eigenvalue weighted by Crippen LogP contribution is -2.48. The molecule has 2 amide bonds. The minimum absolute atomic E-state index is 0.106. The first-order chi connectivity index (χ1) is 34.7. The third-order valence-electron chi connectivity index (χ3n) is 12.4. The van der Waals surface area contributed by atoms with Gasteiger partial charge in [-0.25, -0.2) is 13.6 Å². The van der Waals surface area contributed by atoms with Crippen LogP contribution in [0.1, 0.15) is 77.3 Å². The highest BCUT2D eigenvalue weighted by Crippen LogP contribution is 2.46. The van der Waals surface area contributed by atoms with Crippen LogP contribution in [0.15, 0.2) is 164 Å². The van der Waals surface area contributed by atoms with E-state index in [0.717, 1.165) is 55.9 Å². The van der Waals surface area contributed by atoms with E-state index in [1.54, 1.807) is 48.5 Å². The van der Waals surface area contributed by atoms with Crippen molar-refractivity contribution in [3.63, 3.8) is 0 Å². The Balaban J connectivity index is 0.000000187. The first kappa shape index (κ1) is 53.9. The first-order valence-corrected chi connectivity index (χ1v) is 23.2. The van der Waals surface area contributed by atoms with Crippen LogP contribution in [-0.2, 0) is 9.59 Å². The summed E-state index contributed by atoms with van der Waals surface area (Å²) in [5.74, 6) is 0.370. The third kappa shape index (κ3) is 12.4. The van der Waals surface area contributed by atoms with Crippen LogP contribution >= 0.6 is 11.6 Å². The highest BCUT2D eigenvalue weighted by atomic mass is 35.5. The second-order valence-corrected chi connectivity index (χ2v) is 17.5. The summed E-state index contributed by atoms with van der Waals surface area (Å²) >= 11 is 5.09. The van der Waals surface area contributed by atoms with Crippen LogP contribution in [0.5, 0.6) is 23.0 Å². The Morgan fingerprint density at radius 2 is 1.01 bits per heavy atom. The normalized spacial score (nSPS) is 14.5. The van der Waals surface area contributed by atoms with E-state index in [-0.39, 0.29) is 35.0 Å². The number of rotatable bonds is 9. The van der Waals surface area contributed by atoms with Gasteiger partial charge in [0.15, 0.2) is 0 Å². The number of anilines is 2. The zero-order valence-electron chi connectivity index (χ0n) is 41.6. The minimum atomic E-state index is -0.588. The lowest BCUT2D eigenvalue weighted by molar-refractivity contribution is -0.119. The molecule has 73 heavy (non-hydrogen) atoms. The Morgan fingerprint density at radius 1 is 0.575 bits per heavy atom. The number of nitrogens with zero attached hydrogens (tertiary/aromatic N) is 3. The molecule has 2 atom stereocenters. The van der Waals surface area contributed by atoms with Gasteiger partial charge in [0.05, 0.1) is 31.9 Å². The first-order valence-electron chi connectivity index (χ1n) is 22.8. The van der Waals surface area contributed by atoms with Crippen molar-refractivity contribution in [3.8, 4) is 23.0 Å². The maximum Gasteiger partial charge on any atom is 0.343 e. The zero-order valence-corrected chi connectivity index (χ0v) is 42.4. The highest BCUT2D eigenvalue weighted by Gasteiger charge is 2.44. The Kier molecular flexibility index (Phi) is 17.5. The average Bonchev–Trinajstić information content (AvgIpc) is 3.39. The minimum Gasteiger partial charge on any atom is -0.508 e. The Hall–Kier alpha value is -8.42. The number of carbonyl (C=O) groups is 4. The molecule has 1 N–H and O–H groups in total. The van der Waals surface area contributed by atoms with Gasteiger partial charge in [-0.3, -0.25) is 29.2 Å². The summed E-state index contributed by atoms with van der Waals surface area (Å²) in [5.41, 5.74) is 10.3. The van der Waals surface area contributed by atoms with E-state index < -0.39 is 23.1 Å². The molecule has 1 aromatic heterocycles. The SMILES string of the molecule is C=C1C(=O)N(c2cc(C)c(C)c(OC)c2)[C@H]1c1ccc(C)c(O)c1.C=C1C(=O)N(c2cc(C)c(C)c(OC)c2)[C@H]1c1ccc(C)c(OC(=O)c2ccc(F)cc2)c1.O=C(Cl)c1ccc(F)cc1.c1ccncc1. The van der Waals surface area contributed by atoms with Crippen molar-refractivity contribution in [3.05, 3.63) is 231 Å². The van der Waals surface area contributed by atoms with Crippen LogP contribution in [0, 0.1) is 53.2 Å². The van der Waals surface area contributed by atoms with Gasteiger partial charge in [-0.15, -0.1) is 0 Å². The summed E-state index contributed by atoms with van der Waals surface area (Å²) in [6.45, 7) is 19.4. The molecule has 0 bridgehead atoms. The number of amides is 2. The van der Waals surface area contributed by atoms with Crippen molar-refractivity contribution in [1.29, 1.82) is 0 Å². The van der Waals surface area contributed by atoms with Gasteiger partial charge in [0.2, 0.25) is 0 Å². The van der Waals surface area contributed by atoms with E-state index >= 15 is 0 Å². The molecule has 0 aliphatic carbocycles. The molecular weight excluding hydrogens is 952 g/mol. The number of ether oxygens (including phenoxy) is 3. The molecular formula is C59H54ClF2N3O8. The summed E-state index contributed by atoms with van der Waals surface area (Å²) < 4.78 is 41.9. The highest BCUT2D eigenvalue weighted by molar-refractivity contribution is 6.67. The number of aromatic hydroxyl groups is 1. The van der Waals surface area contributed by atoms with Crippen molar-refractivity contribution in [1.82, 2.24) is 4.98 Å². The molecule has 7 aromatic rings. The van der Waals surface area contributed by atoms with E-state index in [9.17, 15) is 33.1 Å². The monoisotopic (exact) mass is 1010 g/mol. The molecule has 374 valence electrons. The van der Waals surface area contributed by atoms with Crippen molar-refractivity contribution in [2.75, 3.05) is 24.0 Å². The van der Waals surface area contributed by atoms with Gasteiger partial charge in [0.1, 0.15) is 34.6 Å². The number of phenolic OH excluding ortho intramolecular Hbond substituents is 1. The van der Waals surface area contributed by atoms with Crippen LogP contribution in [0.3, 0.4) is 0 Å². The fraction of sp³-hybridized carbons (Fsp3) is 0.169. The van der Waals surface area contributed by atoms with E-state index in [2.05, 4.69) is 18.1 Å². The predicted molar refractivity (Wildman–Crippen MR) is 280 cm³/mol. The number of aromatic nitrogens is 1. The Labute approximate surface area is 428 Å².